The van der Waals surface area contributed by atoms with E-state index in [2.05, 4.69) is 4.98 Å². The second-order valence-corrected chi connectivity index (χ2v) is 6.39. The molecule has 0 saturated heterocycles. The first kappa shape index (κ1) is 13.6. The molecule has 1 aromatic carbocycles. The van der Waals surface area contributed by atoms with E-state index < -0.39 is 16.8 Å². The Balaban J connectivity index is 2.34. The predicted octanol–water partition coefficient (Wildman–Crippen LogP) is 0.587. The summed E-state index contributed by atoms with van der Waals surface area (Å²) in [5.41, 5.74) is 0.296. The normalized spacial score (nSPS) is 17.4. The van der Waals surface area contributed by atoms with Crippen LogP contribution < -0.4 is 9.47 Å². The summed E-state index contributed by atoms with van der Waals surface area (Å²) in [5, 5.41) is 9.08. The van der Waals surface area contributed by atoms with E-state index in [1.54, 1.807) is 6.07 Å². The van der Waals surface area contributed by atoms with Crippen molar-refractivity contribution in [3.8, 4) is 17.6 Å². The fourth-order valence-electron chi connectivity index (χ4n) is 1.94. The number of hydrogen-bond donors (Lipinski definition) is 0. The van der Waals surface area contributed by atoms with Crippen LogP contribution in [0.4, 0.5) is 4.39 Å². The van der Waals surface area contributed by atoms with Crippen LogP contribution in [0.25, 0.3) is 11.0 Å². The van der Waals surface area contributed by atoms with Crippen LogP contribution in [0.2, 0.25) is 0 Å². The zero-order valence-corrected chi connectivity index (χ0v) is 11.8. The van der Waals surface area contributed by atoms with E-state index in [-0.39, 0.29) is 28.4 Å². The largest absolute Gasteiger partial charge is 0.425 e. The number of nitriles is 1. The molecular formula is C11H9FN4O4S. The first-order chi connectivity index (χ1) is 9.84. The average Bonchev–Trinajstić information content (AvgIpc) is 2.93. The lowest BCUT2D eigenvalue weighted by Gasteiger charge is -2.13. The number of nitrogens with zero attached hydrogens (tertiary/aromatic N) is 4. The molecule has 0 radical (unpaired) electrons. The number of fused-ring (bicyclic) bond motifs is 2. The number of halogens is 1. The Morgan fingerprint density at radius 2 is 2.00 bits per heavy atom. The van der Waals surface area contributed by atoms with Crippen molar-refractivity contribution in [3.63, 3.8) is 0 Å². The smallest absolute Gasteiger partial charge is 0.397 e. The molecule has 2 aromatic rings. The number of rotatable bonds is 2. The van der Waals surface area contributed by atoms with Crippen molar-refractivity contribution in [2.75, 3.05) is 14.1 Å². The highest BCUT2D eigenvalue weighted by atomic mass is 32.2. The van der Waals surface area contributed by atoms with Crippen LogP contribution in [0.3, 0.4) is 0 Å². The number of aromatic nitrogens is 2. The Labute approximate surface area is 119 Å². The van der Waals surface area contributed by atoms with Gasteiger partial charge in [-0.1, -0.05) is 0 Å². The lowest BCUT2D eigenvalue weighted by molar-refractivity contribution is -0.0651. The van der Waals surface area contributed by atoms with Crippen molar-refractivity contribution in [3.05, 3.63) is 18.0 Å². The van der Waals surface area contributed by atoms with Gasteiger partial charge in [-0.05, 0) is 0 Å². The monoisotopic (exact) mass is 312 g/mol. The van der Waals surface area contributed by atoms with E-state index >= 15 is 0 Å². The molecular weight excluding hydrogens is 303 g/mol. The molecule has 0 spiro atoms. The van der Waals surface area contributed by atoms with Gasteiger partial charge in [0.2, 0.25) is 5.82 Å². The van der Waals surface area contributed by atoms with E-state index in [0.717, 1.165) is 8.28 Å². The van der Waals surface area contributed by atoms with Gasteiger partial charge in [0.25, 0.3) is 0 Å². The molecule has 1 aliphatic rings. The molecule has 0 fully saturated rings. The summed E-state index contributed by atoms with van der Waals surface area (Å²) in [5.74, 6) is -0.153. The van der Waals surface area contributed by atoms with Gasteiger partial charge in [-0.2, -0.15) is 26.3 Å². The first-order valence-electron chi connectivity index (χ1n) is 5.71. The van der Waals surface area contributed by atoms with Crippen molar-refractivity contribution in [2.45, 2.75) is 6.54 Å². The third kappa shape index (κ3) is 1.90. The third-order valence-electron chi connectivity index (χ3n) is 2.91. The topological polar surface area (TPSA) is 97.5 Å². The van der Waals surface area contributed by atoms with Crippen LogP contribution in [-0.2, 0) is 10.2 Å². The van der Waals surface area contributed by atoms with E-state index in [4.69, 9.17) is 14.7 Å². The van der Waals surface area contributed by atoms with Crippen LogP contribution in [0.1, 0.15) is 5.82 Å². The third-order valence-corrected chi connectivity index (χ3v) is 4.66. The number of ether oxygens (including phenoxy) is 2. The number of benzene rings is 1. The van der Waals surface area contributed by atoms with E-state index in [9.17, 15) is 12.8 Å². The summed E-state index contributed by atoms with van der Waals surface area (Å²) in [6, 6.07) is 4.32. The minimum atomic E-state index is -3.96. The van der Waals surface area contributed by atoms with E-state index in [1.807, 2.05) is 0 Å². The van der Waals surface area contributed by atoms with Crippen molar-refractivity contribution in [2.24, 2.45) is 0 Å². The second kappa shape index (κ2) is 4.31. The van der Waals surface area contributed by atoms with Gasteiger partial charge in [-0.3, -0.25) is 0 Å². The van der Waals surface area contributed by atoms with Gasteiger partial charge in [0.1, 0.15) is 6.07 Å². The van der Waals surface area contributed by atoms with Crippen molar-refractivity contribution in [1.82, 2.24) is 13.3 Å². The Hall–Kier alpha value is -2.38. The number of alkyl halides is 1. The molecule has 3 rings (SSSR count). The molecule has 0 amide bonds. The molecule has 0 saturated carbocycles. The molecule has 0 aliphatic carbocycles. The molecule has 0 N–H and O–H groups in total. The molecule has 8 nitrogen and oxygen atoms in total. The lowest BCUT2D eigenvalue weighted by Crippen LogP contribution is -2.29. The fraction of sp³-hybridized carbons (Fsp3) is 0.273. The molecule has 110 valence electrons. The standard InChI is InChI=1S/C11H9FN4O4S/c1-15(2)21(17,18)16-7-4-9-8(19-11(12)20-9)3-6(7)14-10(16)5-13/h3-4,11H,1-2H3. The van der Waals surface area contributed by atoms with Crippen molar-refractivity contribution in [1.29, 1.82) is 5.26 Å². The van der Waals surface area contributed by atoms with Gasteiger partial charge in [0.05, 0.1) is 11.0 Å². The predicted molar refractivity (Wildman–Crippen MR) is 68.6 cm³/mol. The summed E-state index contributed by atoms with van der Waals surface area (Å²) in [6.45, 7) is -1.94. The Morgan fingerprint density at radius 3 is 2.57 bits per heavy atom. The maximum Gasteiger partial charge on any atom is 0.397 e. The van der Waals surface area contributed by atoms with Crippen LogP contribution in [-0.4, -0.2) is 42.3 Å². The highest BCUT2D eigenvalue weighted by molar-refractivity contribution is 7.87. The molecule has 1 aromatic heterocycles. The summed E-state index contributed by atoms with van der Waals surface area (Å²) < 4.78 is 48.9. The number of hydrogen-bond acceptors (Lipinski definition) is 6. The molecule has 10 heteroatoms. The first-order valence-corrected chi connectivity index (χ1v) is 7.11. The van der Waals surface area contributed by atoms with Gasteiger partial charge in [-0.15, -0.1) is 0 Å². The van der Waals surface area contributed by atoms with Gasteiger partial charge in [0.15, 0.2) is 11.5 Å². The molecule has 1 atom stereocenters. The lowest BCUT2D eigenvalue weighted by atomic mass is 10.3. The maximum atomic E-state index is 13.0. The van der Waals surface area contributed by atoms with Crippen LogP contribution >= 0.6 is 0 Å². The summed E-state index contributed by atoms with van der Waals surface area (Å²) in [7, 11) is -1.31. The zero-order valence-electron chi connectivity index (χ0n) is 10.9. The summed E-state index contributed by atoms with van der Waals surface area (Å²) in [6.07, 6.45) is 0. The molecule has 1 unspecified atom stereocenters. The average molecular weight is 312 g/mol. The molecule has 2 heterocycles. The number of imidazole rings is 1. The fourth-order valence-corrected chi connectivity index (χ4v) is 2.96. The van der Waals surface area contributed by atoms with Crippen LogP contribution in [0, 0.1) is 11.3 Å². The minimum Gasteiger partial charge on any atom is -0.425 e. The summed E-state index contributed by atoms with van der Waals surface area (Å²) >= 11 is 0. The van der Waals surface area contributed by atoms with E-state index in [1.165, 1.54) is 26.2 Å². The van der Waals surface area contributed by atoms with Crippen molar-refractivity contribution >= 4 is 21.2 Å². The molecule has 1 aliphatic heterocycles. The van der Waals surface area contributed by atoms with Gasteiger partial charge < -0.3 is 9.47 Å². The SMILES string of the molecule is CN(C)S(=O)(=O)n1c(C#N)nc2cc3c(cc21)OC(F)O3. The van der Waals surface area contributed by atoms with Gasteiger partial charge >= 0.3 is 16.8 Å². The van der Waals surface area contributed by atoms with Gasteiger partial charge in [0, 0.05) is 26.2 Å². The Bertz CT molecular complexity index is 884. The van der Waals surface area contributed by atoms with Gasteiger partial charge in [-0.25, -0.2) is 4.98 Å². The Kier molecular flexibility index (Phi) is 2.79. The van der Waals surface area contributed by atoms with E-state index in [0.29, 0.717) is 0 Å². The molecule has 0 bridgehead atoms. The zero-order chi connectivity index (χ0) is 15.4. The minimum absolute atomic E-state index is 0.0506. The van der Waals surface area contributed by atoms with Crippen molar-refractivity contribution < 1.29 is 22.3 Å². The highest BCUT2D eigenvalue weighted by Crippen LogP contribution is 2.39. The summed E-state index contributed by atoms with van der Waals surface area (Å²) in [4.78, 5) is 3.92. The second-order valence-electron chi connectivity index (χ2n) is 4.40. The van der Waals surface area contributed by atoms with Crippen LogP contribution in [0.15, 0.2) is 12.1 Å². The maximum absolute atomic E-state index is 13.0. The molecule has 21 heavy (non-hydrogen) atoms. The highest BCUT2D eigenvalue weighted by Gasteiger charge is 2.29. The Morgan fingerprint density at radius 1 is 1.38 bits per heavy atom. The quantitative estimate of drug-likeness (QED) is 0.805. The van der Waals surface area contributed by atoms with Crippen LogP contribution in [0.5, 0.6) is 11.5 Å².